The van der Waals surface area contributed by atoms with E-state index >= 15 is 0 Å². The Kier molecular flexibility index (Phi) is 3.69. The molecule has 0 aromatic heterocycles. The van der Waals surface area contributed by atoms with Gasteiger partial charge in [0.05, 0.1) is 5.92 Å². The Labute approximate surface area is 138 Å². The molecule has 4 heteroatoms. The van der Waals surface area contributed by atoms with Crippen molar-refractivity contribution in [2.45, 2.75) is 64.8 Å². The molecule has 5 aliphatic rings. The molecular weight excluding hydrogens is 290 g/mol. The number of rotatable bonds is 5. The summed E-state index contributed by atoms with van der Waals surface area (Å²) in [5, 5.41) is 3.15. The molecule has 4 bridgehead atoms. The van der Waals surface area contributed by atoms with Crippen LogP contribution in [0.2, 0.25) is 0 Å². The van der Waals surface area contributed by atoms with E-state index in [-0.39, 0.29) is 30.4 Å². The molecule has 0 heterocycles. The lowest BCUT2D eigenvalue weighted by molar-refractivity contribution is -0.151. The number of carbonyl (C=O) groups excluding carboxylic acids is 2. The van der Waals surface area contributed by atoms with Crippen LogP contribution in [0.3, 0.4) is 0 Å². The third-order valence-electron chi connectivity index (χ3n) is 7.14. The highest BCUT2D eigenvalue weighted by Crippen LogP contribution is 2.61. The Balaban J connectivity index is 1.30. The summed E-state index contributed by atoms with van der Waals surface area (Å²) in [5.41, 5.74) is 0.305. The standard InChI is InChI=1S/C19H29NO3/c1-11-3-16(11)18(22)23-10-17(21)20-12(2)19-7-13-4-14(8-19)6-15(5-13)9-19/h11-16H,3-10H2,1-2H3,(H,20,21)/t11-,12-,13?,14?,15?,16-,19?/m0/s1. The summed E-state index contributed by atoms with van der Waals surface area (Å²) in [6, 6.07) is 0.196. The molecule has 0 aromatic carbocycles. The highest BCUT2D eigenvalue weighted by atomic mass is 16.5. The van der Waals surface area contributed by atoms with Gasteiger partial charge in [0, 0.05) is 6.04 Å². The first kappa shape index (κ1) is 15.5. The summed E-state index contributed by atoms with van der Waals surface area (Å²) in [4.78, 5) is 23.9. The van der Waals surface area contributed by atoms with E-state index in [1.54, 1.807) is 0 Å². The highest BCUT2D eigenvalue weighted by Gasteiger charge is 2.53. The van der Waals surface area contributed by atoms with Crippen LogP contribution in [0.5, 0.6) is 0 Å². The lowest BCUT2D eigenvalue weighted by atomic mass is 9.48. The number of hydrogen-bond acceptors (Lipinski definition) is 3. The normalized spacial score (nSPS) is 44.7. The molecule has 3 atom stereocenters. The predicted octanol–water partition coefficient (Wildman–Crippen LogP) is 2.91. The summed E-state index contributed by atoms with van der Waals surface area (Å²) in [6.07, 6.45) is 8.98. The monoisotopic (exact) mass is 319 g/mol. The van der Waals surface area contributed by atoms with Gasteiger partial charge in [-0.05, 0) is 81.0 Å². The number of amides is 1. The fourth-order valence-electron chi connectivity index (χ4n) is 6.04. The maximum absolute atomic E-state index is 12.2. The minimum Gasteiger partial charge on any atom is -0.455 e. The van der Waals surface area contributed by atoms with Crippen LogP contribution in [0.15, 0.2) is 0 Å². The van der Waals surface area contributed by atoms with Gasteiger partial charge >= 0.3 is 5.97 Å². The Morgan fingerprint density at radius 2 is 1.61 bits per heavy atom. The van der Waals surface area contributed by atoms with Crippen molar-refractivity contribution in [3.63, 3.8) is 0 Å². The molecule has 0 spiro atoms. The van der Waals surface area contributed by atoms with Crippen molar-refractivity contribution < 1.29 is 14.3 Å². The van der Waals surface area contributed by atoms with Gasteiger partial charge in [0.15, 0.2) is 6.61 Å². The SMILES string of the molecule is C[C@H](NC(=O)COC(=O)[C@H]1C[C@@H]1C)C12CC3CC(CC(C3)C1)C2. The summed E-state index contributed by atoms with van der Waals surface area (Å²) in [5.74, 6) is 2.78. The molecule has 5 fully saturated rings. The third kappa shape index (κ3) is 2.89. The number of hydrogen-bond donors (Lipinski definition) is 1. The van der Waals surface area contributed by atoms with Crippen LogP contribution in [0, 0.1) is 35.0 Å². The fraction of sp³-hybridized carbons (Fsp3) is 0.895. The molecule has 5 aliphatic carbocycles. The highest BCUT2D eigenvalue weighted by molar-refractivity contribution is 5.82. The van der Waals surface area contributed by atoms with Crippen LogP contribution in [0.1, 0.15) is 58.8 Å². The third-order valence-corrected chi connectivity index (χ3v) is 7.14. The largest absolute Gasteiger partial charge is 0.455 e. The molecule has 0 aliphatic heterocycles. The lowest BCUT2D eigenvalue weighted by Gasteiger charge is -2.59. The van der Waals surface area contributed by atoms with Gasteiger partial charge in [-0.3, -0.25) is 9.59 Å². The van der Waals surface area contributed by atoms with Crippen LogP contribution >= 0.6 is 0 Å². The Morgan fingerprint density at radius 3 is 2.09 bits per heavy atom. The fourth-order valence-corrected chi connectivity index (χ4v) is 6.04. The molecule has 0 radical (unpaired) electrons. The first-order valence-electron chi connectivity index (χ1n) is 9.41. The summed E-state index contributed by atoms with van der Waals surface area (Å²) in [6.45, 7) is 4.09. The molecule has 1 N–H and O–H groups in total. The first-order chi connectivity index (χ1) is 10.9. The van der Waals surface area contributed by atoms with Gasteiger partial charge in [-0.25, -0.2) is 0 Å². The smallest absolute Gasteiger partial charge is 0.309 e. The van der Waals surface area contributed by atoms with E-state index < -0.39 is 0 Å². The molecule has 5 rings (SSSR count). The molecule has 0 unspecified atom stereocenters. The van der Waals surface area contributed by atoms with Gasteiger partial charge in [0.1, 0.15) is 0 Å². The van der Waals surface area contributed by atoms with Crippen molar-refractivity contribution in [3.8, 4) is 0 Å². The van der Waals surface area contributed by atoms with Crippen LogP contribution in [-0.2, 0) is 14.3 Å². The van der Waals surface area contributed by atoms with E-state index in [2.05, 4.69) is 12.2 Å². The second kappa shape index (κ2) is 5.49. The molecule has 128 valence electrons. The van der Waals surface area contributed by atoms with Gasteiger partial charge in [0.25, 0.3) is 5.91 Å². The van der Waals surface area contributed by atoms with E-state index in [0.717, 1.165) is 24.2 Å². The van der Waals surface area contributed by atoms with E-state index in [0.29, 0.717) is 11.3 Å². The zero-order valence-corrected chi connectivity index (χ0v) is 14.3. The van der Waals surface area contributed by atoms with E-state index in [1.165, 1.54) is 38.5 Å². The first-order valence-corrected chi connectivity index (χ1v) is 9.41. The Hall–Kier alpha value is -1.06. The lowest BCUT2D eigenvalue weighted by Crippen LogP contribution is -2.56. The van der Waals surface area contributed by atoms with Gasteiger partial charge in [0.2, 0.25) is 0 Å². The maximum Gasteiger partial charge on any atom is 0.309 e. The number of esters is 1. The van der Waals surface area contributed by atoms with Crippen LogP contribution in [-0.4, -0.2) is 24.5 Å². The molecule has 4 nitrogen and oxygen atoms in total. The quantitative estimate of drug-likeness (QED) is 0.793. The summed E-state index contributed by atoms with van der Waals surface area (Å²) >= 11 is 0. The van der Waals surface area contributed by atoms with Gasteiger partial charge in [-0.15, -0.1) is 0 Å². The Bertz CT molecular complexity index is 479. The average molecular weight is 319 g/mol. The minimum atomic E-state index is -0.199. The van der Waals surface area contributed by atoms with Crippen LogP contribution in [0.25, 0.3) is 0 Å². The van der Waals surface area contributed by atoms with Crippen LogP contribution < -0.4 is 5.32 Å². The van der Waals surface area contributed by atoms with Crippen molar-refractivity contribution in [2.75, 3.05) is 6.61 Å². The summed E-state index contributed by atoms with van der Waals surface area (Å²) in [7, 11) is 0. The van der Waals surface area contributed by atoms with Crippen molar-refractivity contribution in [1.29, 1.82) is 0 Å². The molecule has 0 saturated heterocycles. The second-order valence-electron chi connectivity index (χ2n) is 9.00. The molecular formula is C19H29NO3. The predicted molar refractivity (Wildman–Crippen MR) is 86.4 cm³/mol. The van der Waals surface area contributed by atoms with Crippen molar-refractivity contribution >= 4 is 11.9 Å². The zero-order chi connectivity index (χ0) is 16.2. The van der Waals surface area contributed by atoms with Crippen LogP contribution in [0.4, 0.5) is 0 Å². The average Bonchev–Trinajstić information content (AvgIpc) is 3.20. The van der Waals surface area contributed by atoms with Crippen molar-refractivity contribution in [2.24, 2.45) is 35.0 Å². The van der Waals surface area contributed by atoms with Gasteiger partial charge < -0.3 is 10.1 Å². The van der Waals surface area contributed by atoms with Crippen molar-refractivity contribution in [1.82, 2.24) is 5.32 Å². The molecule has 5 saturated carbocycles. The van der Waals surface area contributed by atoms with Gasteiger partial charge in [-0.2, -0.15) is 0 Å². The molecule has 1 amide bonds. The maximum atomic E-state index is 12.2. The van der Waals surface area contributed by atoms with Gasteiger partial charge in [-0.1, -0.05) is 6.92 Å². The number of carbonyl (C=O) groups is 2. The molecule has 0 aromatic rings. The van der Waals surface area contributed by atoms with E-state index in [9.17, 15) is 9.59 Å². The Morgan fingerprint density at radius 1 is 1.09 bits per heavy atom. The topological polar surface area (TPSA) is 55.4 Å². The summed E-state index contributed by atoms with van der Waals surface area (Å²) < 4.78 is 5.17. The minimum absolute atomic E-state index is 0.0309. The zero-order valence-electron chi connectivity index (χ0n) is 14.3. The molecule has 23 heavy (non-hydrogen) atoms. The van der Waals surface area contributed by atoms with E-state index in [1.807, 2.05) is 6.92 Å². The van der Waals surface area contributed by atoms with E-state index in [4.69, 9.17) is 4.74 Å². The number of nitrogens with one attached hydrogen (secondary N) is 1. The second-order valence-corrected chi connectivity index (χ2v) is 9.00. The van der Waals surface area contributed by atoms with Crippen molar-refractivity contribution in [3.05, 3.63) is 0 Å². The number of ether oxygens (including phenoxy) is 1.